The zero-order chi connectivity index (χ0) is 28.0. The maximum Gasteiger partial charge on any atom is 0.257 e. The fraction of sp³-hybridized carbons (Fsp3) is 0.355. The van der Waals surface area contributed by atoms with Gasteiger partial charge in [-0.2, -0.15) is 0 Å². The van der Waals surface area contributed by atoms with Crippen molar-refractivity contribution in [3.05, 3.63) is 65.3 Å². The first-order valence-corrected chi connectivity index (χ1v) is 13.5. The van der Waals surface area contributed by atoms with Gasteiger partial charge in [-0.15, -0.1) is 0 Å². The molecule has 4 aliphatic heterocycles. The lowest BCUT2D eigenvalue weighted by atomic mass is 10.1. The van der Waals surface area contributed by atoms with Crippen molar-refractivity contribution in [2.45, 2.75) is 38.3 Å². The number of benzene rings is 2. The number of aryl methyl sites for hydroxylation is 1. The smallest absolute Gasteiger partial charge is 0.257 e. The summed E-state index contributed by atoms with van der Waals surface area (Å²) in [5.74, 6) is 1.59. The average Bonchev–Trinajstić information content (AvgIpc) is 3.45. The second-order valence-corrected chi connectivity index (χ2v) is 10.7. The van der Waals surface area contributed by atoms with Gasteiger partial charge in [-0.25, -0.2) is 0 Å². The normalized spacial score (nSPS) is 21.1. The Kier molecular flexibility index (Phi) is 6.65. The summed E-state index contributed by atoms with van der Waals surface area (Å²) in [6, 6.07) is 7.03. The Labute approximate surface area is 233 Å². The lowest BCUT2D eigenvalue weighted by Crippen LogP contribution is -2.35. The molecule has 0 aromatic heterocycles. The summed E-state index contributed by atoms with van der Waals surface area (Å²) in [6.45, 7) is 11.9. The van der Waals surface area contributed by atoms with Crippen molar-refractivity contribution in [1.29, 1.82) is 0 Å². The molecule has 1 unspecified atom stereocenters. The van der Waals surface area contributed by atoms with Crippen LogP contribution >= 0.6 is 0 Å². The molecule has 6 rings (SSSR count). The molecule has 0 spiro atoms. The van der Waals surface area contributed by atoms with Crippen molar-refractivity contribution >= 4 is 35.6 Å². The maximum absolute atomic E-state index is 13.2. The molecule has 4 aliphatic rings. The van der Waals surface area contributed by atoms with Crippen molar-refractivity contribution in [3.63, 3.8) is 0 Å². The second-order valence-electron chi connectivity index (χ2n) is 10.7. The number of ether oxygens (including phenoxy) is 3. The fourth-order valence-corrected chi connectivity index (χ4v) is 5.64. The van der Waals surface area contributed by atoms with Gasteiger partial charge in [-0.3, -0.25) is 19.6 Å². The van der Waals surface area contributed by atoms with Gasteiger partial charge in [-0.05, 0) is 37.5 Å². The van der Waals surface area contributed by atoms with E-state index in [1.807, 2.05) is 36.4 Å². The molecular formula is C31H32N4O5. The lowest BCUT2D eigenvalue weighted by Gasteiger charge is -2.20. The molecule has 2 atom stereocenters. The van der Waals surface area contributed by atoms with Crippen LogP contribution in [-0.2, 0) is 0 Å². The first-order valence-electron chi connectivity index (χ1n) is 13.5. The van der Waals surface area contributed by atoms with Crippen molar-refractivity contribution in [2.24, 2.45) is 9.98 Å². The number of nitrogens with zero attached hydrogens (tertiary/aromatic N) is 4. The molecule has 0 saturated carbocycles. The molecule has 9 nitrogen and oxygen atoms in total. The van der Waals surface area contributed by atoms with Crippen LogP contribution in [0.4, 0.5) is 11.4 Å². The van der Waals surface area contributed by atoms with E-state index in [2.05, 4.69) is 23.1 Å². The first-order chi connectivity index (χ1) is 19.3. The number of aliphatic imine (C=N–C) groups is 2. The number of rotatable bonds is 7. The van der Waals surface area contributed by atoms with Crippen LogP contribution in [0.1, 0.15) is 45.5 Å². The summed E-state index contributed by atoms with van der Waals surface area (Å²) in [4.78, 5) is 39.1. The number of methoxy groups -OCH3 is 1. The number of carbonyl (C=O) groups is 2. The summed E-state index contributed by atoms with van der Waals surface area (Å²) in [5.41, 5.74) is 5.21. The Bertz CT molecular complexity index is 1490. The Morgan fingerprint density at radius 1 is 0.800 bits per heavy atom. The quantitative estimate of drug-likeness (QED) is 0.371. The van der Waals surface area contributed by atoms with Crippen LogP contribution in [0.5, 0.6) is 17.2 Å². The third-order valence-electron chi connectivity index (χ3n) is 7.72. The fourth-order valence-electron chi connectivity index (χ4n) is 5.64. The molecule has 2 saturated heterocycles. The van der Waals surface area contributed by atoms with E-state index in [4.69, 9.17) is 14.2 Å². The number of carbonyl (C=O) groups excluding carboxylic acids is 2. The van der Waals surface area contributed by atoms with Crippen molar-refractivity contribution in [3.8, 4) is 17.2 Å². The van der Waals surface area contributed by atoms with Crippen LogP contribution < -0.4 is 14.2 Å². The van der Waals surface area contributed by atoms with Gasteiger partial charge in [-0.1, -0.05) is 24.3 Å². The van der Waals surface area contributed by atoms with Crippen molar-refractivity contribution in [2.75, 3.05) is 33.4 Å². The van der Waals surface area contributed by atoms with E-state index >= 15 is 0 Å². The summed E-state index contributed by atoms with van der Waals surface area (Å²) >= 11 is 0. The monoisotopic (exact) mass is 540 g/mol. The van der Waals surface area contributed by atoms with E-state index in [0.717, 1.165) is 29.6 Å². The minimum atomic E-state index is -0.0811. The van der Waals surface area contributed by atoms with Crippen LogP contribution in [0.25, 0.3) is 0 Å². The maximum atomic E-state index is 13.2. The van der Waals surface area contributed by atoms with E-state index in [1.165, 1.54) is 0 Å². The number of amides is 2. The highest BCUT2D eigenvalue weighted by molar-refractivity contribution is 6.04. The van der Waals surface area contributed by atoms with E-state index in [-0.39, 0.29) is 23.9 Å². The van der Waals surface area contributed by atoms with Crippen LogP contribution in [0.15, 0.2) is 58.6 Å². The van der Waals surface area contributed by atoms with E-state index < -0.39 is 0 Å². The predicted molar refractivity (Wildman–Crippen MR) is 153 cm³/mol. The third-order valence-corrected chi connectivity index (χ3v) is 7.72. The van der Waals surface area contributed by atoms with Gasteiger partial charge in [0.05, 0.1) is 54.9 Å². The molecule has 0 bridgehead atoms. The Hall–Kier alpha value is -4.40. The molecule has 2 fully saturated rings. The molecule has 0 radical (unpaired) electrons. The van der Waals surface area contributed by atoms with Crippen LogP contribution in [0.3, 0.4) is 0 Å². The van der Waals surface area contributed by atoms with Gasteiger partial charge in [0.25, 0.3) is 11.8 Å². The topological polar surface area (TPSA) is 93.0 Å². The van der Waals surface area contributed by atoms with Gasteiger partial charge >= 0.3 is 0 Å². The Morgan fingerprint density at radius 2 is 1.32 bits per heavy atom. The van der Waals surface area contributed by atoms with Crippen LogP contribution in [-0.4, -0.2) is 79.5 Å². The third kappa shape index (κ3) is 4.65. The highest BCUT2D eigenvalue weighted by Crippen LogP contribution is 2.39. The minimum Gasteiger partial charge on any atom is -0.493 e. The highest BCUT2D eigenvalue weighted by Gasteiger charge is 2.35. The number of hydrogen-bond acceptors (Lipinski definition) is 7. The van der Waals surface area contributed by atoms with Gasteiger partial charge in [0.2, 0.25) is 0 Å². The van der Waals surface area contributed by atoms with Crippen LogP contribution in [0.2, 0.25) is 0 Å². The highest BCUT2D eigenvalue weighted by atomic mass is 16.5. The van der Waals surface area contributed by atoms with E-state index in [9.17, 15) is 9.59 Å². The average molecular weight is 541 g/mol. The summed E-state index contributed by atoms with van der Waals surface area (Å²) in [5, 5.41) is 0. The number of hydrogen-bond donors (Lipinski definition) is 0. The first kappa shape index (κ1) is 25.9. The Balaban J connectivity index is 1.09. The molecule has 2 aromatic rings. The van der Waals surface area contributed by atoms with Crippen molar-refractivity contribution in [1.82, 2.24) is 9.80 Å². The van der Waals surface area contributed by atoms with Gasteiger partial charge in [0.1, 0.15) is 5.75 Å². The van der Waals surface area contributed by atoms with E-state index in [0.29, 0.717) is 72.5 Å². The molecule has 0 aliphatic carbocycles. The largest absolute Gasteiger partial charge is 0.493 e. The molecule has 2 aromatic carbocycles. The van der Waals surface area contributed by atoms with E-state index in [1.54, 1.807) is 24.1 Å². The summed E-state index contributed by atoms with van der Waals surface area (Å²) in [7, 11) is 1.55. The minimum absolute atomic E-state index is 0.0224. The number of fused-ring (bicyclic) bond motifs is 4. The molecule has 4 heterocycles. The van der Waals surface area contributed by atoms with Gasteiger partial charge < -0.3 is 24.0 Å². The standard InChI is InChI=1S/C31H32N4O5/c1-18-8-21-14-32-25-12-27(20(3)10-23(25)30(36)34(21)16-18)39-6-5-7-40-29-13-26-24(11-28(29)38-4)31(37)35-17-19(2)9-22(35)15-33-26/h10-15,21-22H,1-2,5-9,16-17H2,3-4H3/t21-,22?/m0/s1. The lowest BCUT2D eigenvalue weighted by molar-refractivity contribution is 0.0770. The van der Waals surface area contributed by atoms with Crippen molar-refractivity contribution < 1.29 is 23.8 Å². The van der Waals surface area contributed by atoms with Gasteiger partial charge in [0, 0.05) is 44.1 Å². The molecule has 0 N–H and O–H groups in total. The van der Waals surface area contributed by atoms with Crippen LogP contribution in [0, 0.1) is 6.92 Å². The zero-order valence-corrected chi connectivity index (χ0v) is 22.8. The van der Waals surface area contributed by atoms with Gasteiger partial charge in [0.15, 0.2) is 11.5 Å². The SMILES string of the molecule is C=C1CC2C=Nc3cc(OCCCOc4cc5c(cc4C)C(=O)N4CC(=C)C[C@H]4C=N5)c(OC)cc3C(=O)N2C1. The predicted octanol–water partition coefficient (Wildman–Crippen LogP) is 4.82. The molecule has 9 heteroatoms. The zero-order valence-electron chi connectivity index (χ0n) is 22.8. The molecular weight excluding hydrogens is 508 g/mol. The Morgan fingerprint density at radius 3 is 1.90 bits per heavy atom. The summed E-state index contributed by atoms with van der Waals surface area (Å²) < 4.78 is 17.6. The molecule has 40 heavy (non-hydrogen) atoms. The molecule has 2 amide bonds. The second kappa shape index (κ2) is 10.3. The molecule has 206 valence electrons. The summed E-state index contributed by atoms with van der Waals surface area (Å²) in [6.07, 6.45) is 5.73.